The molecule has 17 nitrogen and oxygen atoms in total. The molecule has 17 heteroatoms. The van der Waals surface area contributed by atoms with Gasteiger partial charge in [0.1, 0.15) is 35.7 Å². The molecule has 0 bridgehead atoms. The lowest BCUT2D eigenvalue weighted by atomic mass is 9.79. The van der Waals surface area contributed by atoms with E-state index in [1.807, 2.05) is 141 Å². The van der Waals surface area contributed by atoms with Crippen LogP contribution in [0.1, 0.15) is 126 Å². The van der Waals surface area contributed by atoms with Crippen LogP contribution >= 0.6 is 0 Å². The van der Waals surface area contributed by atoms with Crippen LogP contribution in [0.5, 0.6) is 0 Å². The monoisotopic (exact) mass is 1210 g/mol. The van der Waals surface area contributed by atoms with Gasteiger partial charge in [-0.1, -0.05) is 145 Å². The molecule has 6 atom stereocenters. The molecular weight excluding hydrogens is 1130 g/mol. The van der Waals surface area contributed by atoms with Gasteiger partial charge in [0, 0.05) is 58.7 Å². The lowest BCUT2D eigenvalue weighted by Gasteiger charge is -2.32. The Bertz CT molecular complexity index is 4090. The maximum atomic E-state index is 13.4. The van der Waals surface area contributed by atoms with Crippen molar-refractivity contribution in [2.75, 3.05) is 36.9 Å². The van der Waals surface area contributed by atoms with Gasteiger partial charge in [0.05, 0.1) is 58.0 Å². The van der Waals surface area contributed by atoms with Crippen LogP contribution in [-0.4, -0.2) is 80.8 Å². The van der Waals surface area contributed by atoms with Crippen molar-refractivity contribution in [3.63, 3.8) is 0 Å². The first kappa shape index (κ1) is 62.0. The predicted molar refractivity (Wildman–Crippen MR) is 346 cm³/mol. The number of imide groups is 1. The zero-order valence-corrected chi connectivity index (χ0v) is 53.1. The van der Waals surface area contributed by atoms with Crippen molar-refractivity contribution in [2.45, 2.75) is 119 Å². The first-order chi connectivity index (χ1) is 43.3. The summed E-state index contributed by atoms with van der Waals surface area (Å²) < 4.78 is 27.1. The maximum absolute atomic E-state index is 13.4. The molecule has 3 amide bonds. The van der Waals surface area contributed by atoms with Gasteiger partial charge in [-0.15, -0.1) is 0 Å². The average molecular weight is 1210 g/mol. The smallest absolute Gasteiger partial charge is 0.336 e. The molecule has 0 saturated carbocycles. The molecule has 464 valence electrons. The van der Waals surface area contributed by atoms with Gasteiger partial charge in [-0.3, -0.25) is 24.6 Å². The Labute approximate surface area is 525 Å². The number of nitrogens with one attached hydrogen (secondary N) is 3. The van der Waals surface area contributed by atoms with Gasteiger partial charge < -0.3 is 38.6 Å². The summed E-state index contributed by atoms with van der Waals surface area (Å²) in [7, 11) is 0. The maximum Gasteiger partial charge on any atom is 0.336 e. The number of ether oxygens (including phenoxy) is 2. The number of hydrogen-bond acceptors (Lipinski definition) is 15. The Hall–Kier alpha value is -9.61. The summed E-state index contributed by atoms with van der Waals surface area (Å²) in [5, 5.41) is 22.3. The van der Waals surface area contributed by atoms with Crippen LogP contribution in [-0.2, 0) is 35.1 Å². The molecule has 2 saturated heterocycles. The van der Waals surface area contributed by atoms with Crippen molar-refractivity contribution in [1.29, 1.82) is 0 Å². The number of fused-ring (bicyclic) bond motifs is 3. The van der Waals surface area contributed by atoms with E-state index in [1.54, 1.807) is 0 Å². The highest BCUT2D eigenvalue weighted by Crippen LogP contribution is 2.51. The van der Waals surface area contributed by atoms with E-state index in [9.17, 15) is 19.2 Å². The van der Waals surface area contributed by atoms with Gasteiger partial charge in [-0.25, -0.2) is 4.79 Å². The molecule has 8 aromatic rings. The fraction of sp³-hybridized carbons (Fsp3) is 0.329. The minimum Gasteiger partial charge on any atom is -0.497 e. The standard InChI is InChI=1S/C26H29N3O2.C24H29N3O4.C23H20N2O3/c1-6-7-14-29-18(4)22-10-8-9-11-23(22)27-26(30)25(29)20-12-13-21(16(2)15-20)24-17(3)28-31-19(24)5;1-7-27-22(28)19-20(23(27)29)24(6,15(5)30-8-2)25-21(19)17-11-9-16(10-12-17)18-13(3)26-31-14(18)4;1-13-21(14(2)28-25-13)17-8-5-7-15(10-17)18-11-16-6-3-4-9-19(16)24-20-12-27-23(26)22(18)20/h8-13,15,25H,4,6-7,14H2,1-3,5H3,(H,27,30);9-12,19-21,25H,5,7-8H2,1-4,6H3;3-10,18,24H,11-12H2,1-2H3/t;19-,20-,21-,24+;/m.1./s1. The van der Waals surface area contributed by atoms with Crippen LogP contribution in [0.2, 0.25) is 0 Å². The molecule has 0 radical (unpaired) electrons. The van der Waals surface area contributed by atoms with E-state index in [-0.39, 0.29) is 35.7 Å². The second-order valence-corrected chi connectivity index (χ2v) is 24.0. The van der Waals surface area contributed by atoms with E-state index in [4.69, 9.17) is 23.0 Å². The van der Waals surface area contributed by atoms with E-state index >= 15 is 0 Å². The number of cyclic esters (lactones) is 1. The number of aromatic nitrogens is 3. The van der Waals surface area contributed by atoms with E-state index in [0.717, 1.165) is 150 Å². The Morgan fingerprint density at radius 1 is 0.678 bits per heavy atom. The summed E-state index contributed by atoms with van der Waals surface area (Å²) in [5.74, 6) is 1.15. The number of benzene rings is 5. The lowest BCUT2D eigenvalue weighted by Crippen LogP contribution is -2.49. The molecule has 90 heavy (non-hydrogen) atoms. The minimum atomic E-state index is -0.831. The number of carbonyl (C=O) groups is 4. The molecule has 5 aromatic carbocycles. The van der Waals surface area contributed by atoms with Crippen LogP contribution in [0, 0.1) is 60.3 Å². The molecule has 5 aliphatic rings. The average Bonchev–Trinajstić information content (AvgIpc) is 1.56. The Morgan fingerprint density at radius 3 is 1.94 bits per heavy atom. The molecule has 2 unspecified atom stereocenters. The molecule has 13 rings (SSSR count). The van der Waals surface area contributed by atoms with E-state index in [2.05, 4.69) is 99.7 Å². The Morgan fingerprint density at radius 2 is 1.31 bits per heavy atom. The predicted octanol–water partition coefficient (Wildman–Crippen LogP) is 14.1. The fourth-order valence-corrected chi connectivity index (χ4v) is 13.8. The van der Waals surface area contributed by atoms with Crippen LogP contribution in [0.15, 0.2) is 159 Å². The Kier molecular flexibility index (Phi) is 17.6. The number of unbranched alkanes of at least 4 members (excludes halogenated alkanes) is 1. The third-order valence-electron chi connectivity index (χ3n) is 18.3. The number of para-hydroxylation sites is 2. The number of carbonyl (C=O) groups excluding carboxylic acids is 4. The number of anilines is 2. The van der Waals surface area contributed by atoms with Gasteiger partial charge in [0.2, 0.25) is 11.8 Å². The summed E-state index contributed by atoms with van der Waals surface area (Å²) in [6.07, 6.45) is 2.77. The molecule has 3 aromatic heterocycles. The normalized spacial score (nSPS) is 20.7. The van der Waals surface area contributed by atoms with Crippen molar-refractivity contribution in [2.24, 2.45) is 11.8 Å². The largest absolute Gasteiger partial charge is 0.497 e. The number of likely N-dealkylation sites (tertiary alicyclic amines) is 1. The number of amides is 3. The molecule has 0 spiro atoms. The van der Waals surface area contributed by atoms with E-state index in [1.165, 1.54) is 10.5 Å². The molecule has 8 heterocycles. The first-order valence-electron chi connectivity index (χ1n) is 30.9. The topological polar surface area (TPSA) is 207 Å². The summed E-state index contributed by atoms with van der Waals surface area (Å²) in [5.41, 5.74) is 18.4. The van der Waals surface area contributed by atoms with Gasteiger partial charge in [-0.2, -0.15) is 0 Å². The molecule has 0 aliphatic carbocycles. The minimum absolute atomic E-state index is 0.0355. The number of aryl methyl sites for hydroxylation is 7. The molecule has 5 aliphatic heterocycles. The van der Waals surface area contributed by atoms with Crippen molar-refractivity contribution < 1.29 is 42.2 Å². The molecule has 3 N–H and O–H groups in total. The van der Waals surface area contributed by atoms with Gasteiger partial charge in [-0.05, 0) is 139 Å². The second kappa shape index (κ2) is 25.5. The first-order valence-corrected chi connectivity index (χ1v) is 30.9. The van der Waals surface area contributed by atoms with Crippen molar-refractivity contribution >= 4 is 40.8 Å². The summed E-state index contributed by atoms with van der Waals surface area (Å²) in [4.78, 5) is 55.9. The van der Waals surface area contributed by atoms with Crippen molar-refractivity contribution in [3.8, 4) is 33.4 Å². The van der Waals surface area contributed by atoms with Crippen LogP contribution < -0.4 is 16.0 Å². The highest BCUT2D eigenvalue weighted by Gasteiger charge is 2.65. The van der Waals surface area contributed by atoms with Crippen molar-refractivity contribution in [3.05, 3.63) is 213 Å². The summed E-state index contributed by atoms with van der Waals surface area (Å²) in [6.45, 7) is 31.7. The highest BCUT2D eigenvalue weighted by molar-refractivity contribution is 6.07. The zero-order chi connectivity index (χ0) is 63.9. The lowest BCUT2D eigenvalue weighted by molar-refractivity contribution is -0.141. The number of esters is 1. The zero-order valence-electron chi connectivity index (χ0n) is 53.1. The molecule has 2 fully saturated rings. The van der Waals surface area contributed by atoms with Crippen LogP contribution in [0.3, 0.4) is 0 Å². The summed E-state index contributed by atoms with van der Waals surface area (Å²) in [6, 6.07) is 37.8. The second-order valence-electron chi connectivity index (χ2n) is 24.0. The fourth-order valence-electron chi connectivity index (χ4n) is 13.8. The van der Waals surface area contributed by atoms with E-state index in [0.29, 0.717) is 25.5 Å². The van der Waals surface area contributed by atoms with Gasteiger partial charge >= 0.3 is 5.97 Å². The third-order valence-corrected chi connectivity index (χ3v) is 18.3. The van der Waals surface area contributed by atoms with Gasteiger partial charge in [0.15, 0.2) is 0 Å². The van der Waals surface area contributed by atoms with Crippen molar-refractivity contribution in [1.82, 2.24) is 30.6 Å². The van der Waals surface area contributed by atoms with E-state index < -0.39 is 23.4 Å². The Balaban J connectivity index is 0.000000139. The van der Waals surface area contributed by atoms with Crippen LogP contribution in [0.4, 0.5) is 11.4 Å². The number of rotatable bonds is 13. The molecular formula is C73H78N8O9. The summed E-state index contributed by atoms with van der Waals surface area (Å²) >= 11 is 0. The third kappa shape index (κ3) is 11.3. The number of nitrogens with zero attached hydrogens (tertiary/aromatic N) is 5. The van der Waals surface area contributed by atoms with Gasteiger partial charge in [0.25, 0.3) is 5.91 Å². The van der Waals surface area contributed by atoms with Crippen LogP contribution in [0.25, 0.3) is 39.1 Å². The highest BCUT2D eigenvalue weighted by atomic mass is 16.5. The SMILES string of the molecule is C=C(OCC)[C@]1(C)N[C@H](c2ccc(-c3c(C)noc3C)cc2)[C@@H]2C(=O)N(CC)C(=O)[C@@H]21.C=C1c2ccccc2NC(=O)C(c2ccc(-c3c(C)noc3C)c(C)c2)N1CCCC.Cc1noc(C)c1-c1cccc(C2Cc3ccccc3NC3=C2C(=O)OC3)c1. The quantitative estimate of drug-likeness (QED) is 0.0557. The number of hydrogen-bond donors (Lipinski definition) is 3.